The molecule has 0 aliphatic heterocycles. The summed E-state index contributed by atoms with van der Waals surface area (Å²) < 4.78 is 17.5. The van der Waals surface area contributed by atoms with Crippen molar-refractivity contribution in [3.63, 3.8) is 0 Å². The maximum atomic E-state index is 11.2. The first kappa shape index (κ1) is 26.6. The molecule has 4 rings (SSSR count). The van der Waals surface area contributed by atoms with Crippen LogP contribution in [0.5, 0.6) is 11.6 Å². The Balaban J connectivity index is 1.46. The van der Waals surface area contributed by atoms with Crippen LogP contribution in [-0.2, 0) is 11.2 Å². The van der Waals surface area contributed by atoms with Crippen molar-refractivity contribution in [2.75, 3.05) is 19.8 Å². The van der Waals surface area contributed by atoms with Gasteiger partial charge in [0.05, 0.1) is 5.56 Å². The highest BCUT2D eigenvalue weighted by Crippen LogP contribution is 2.32. The number of pyridine rings is 1. The van der Waals surface area contributed by atoms with E-state index in [1.165, 1.54) is 12.8 Å². The fraction of sp³-hybridized carbons (Fsp3) is 0.481. The van der Waals surface area contributed by atoms with E-state index in [-0.39, 0.29) is 19.3 Å². The molecule has 2 aromatic heterocycles. The van der Waals surface area contributed by atoms with Crippen molar-refractivity contribution in [3.8, 4) is 34.5 Å². The molecular weight excluding hydrogens is 476 g/mol. The summed E-state index contributed by atoms with van der Waals surface area (Å²) in [5, 5.41) is 25.5. The lowest BCUT2D eigenvalue weighted by atomic mass is 10.0. The number of amides is 1. The Hall–Kier alpha value is -3.50. The number of rotatable bonds is 11. The first-order valence-electron chi connectivity index (χ1n) is 12.7. The van der Waals surface area contributed by atoms with Gasteiger partial charge in [0.15, 0.2) is 0 Å². The fourth-order valence-electron chi connectivity index (χ4n) is 4.40. The number of carbonyl (C=O) groups excluding carboxylic acids is 1. The number of ether oxygens (including phenoxy) is 2. The summed E-state index contributed by atoms with van der Waals surface area (Å²) in [6, 6.07) is 5.80. The number of carbonyl (C=O) groups is 1. The van der Waals surface area contributed by atoms with Crippen LogP contribution in [0, 0.1) is 13.8 Å². The second-order valence-electron chi connectivity index (χ2n) is 9.36. The van der Waals surface area contributed by atoms with Gasteiger partial charge in [-0.25, -0.2) is 4.98 Å². The average Bonchev–Trinajstić information content (AvgIpc) is 3.60. The number of nitrogens with one attached hydrogen (secondary N) is 1. The number of aliphatic hydroxyl groups excluding tert-OH is 2. The van der Waals surface area contributed by atoms with Crippen LogP contribution >= 0.6 is 0 Å². The van der Waals surface area contributed by atoms with Crippen molar-refractivity contribution in [1.29, 1.82) is 0 Å². The third-order valence-corrected chi connectivity index (χ3v) is 6.37. The largest absolute Gasteiger partial charge is 0.490 e. The average molecular weight is 511 g/mol. The molecule has 0 unspecified atom stereocenters. The van der Waals surface area contributed by atoms with E-state index in [0.29, 0.717) is 29.8 Å². The predicted molar refractivity (Wildman–Crippen MR) is 136 cm³/mol. The molecule has 3 aromatic rings. The van der Waals surface area contributed by atoms with E-state index in [9.17, 15) is 9.90 Å². The quantitative estimate of drug-likeness (QED) is 0.355. The lowest BCUT2D eigenvalue weighted by Crippen LogP contribution is -2.36. The molecule has 1 amide bonds. The zero-order valence-corrected chi connectivity index (χ0v) is 21.5. The SMILES string of the molecule is CCc1cc(-c2noc(-c3cnc(OC4CCCC4)c(C)c3)n2)cc(C)c1OC[C@@H](O)CNC(=O)CO. The van der Waals surface area contributed by atoms with Gasteiger partial charge in [-0.15, -0.1) is 0 Å². The van der Waals surface area contributed by atoms with Crippen molar-refractivity contribution in [3.05, 3.63) is 41.1 Å². The number of hydrogen-bond donors (Lipinski definition) is 3. The van der Waals surface area contributed by atoms with Gasteiger partial charge in [0.25, 0.3) is 5.89 Å². The van der Waals surface area contributed by atoms with E-state index < -0.39 is 18.6 Å². The molecule has 1 aliphatic carbocycles. The molecule has 37 heavy (non-hydrogen) atoms. The highest BCUT2D eigenvalue weighted by atomic mass is 16.5. The molecule has 0 saturated heterocycles. The molecule has 10 heteroatoms. The minimum atomic E-state index is -0.911. The normalized spacial score (nSPS) is 14.5. The van der Waals surface area contributed by atoms with Crippen LogP contribution in [0.25, 0.3) is 22.8 Å². The Morgan fingerprint density at radius 2 is 1.95 bits per heavy atom. The maximum absolute atomic E-state index is 11.2. The summed E-state index contributed by atoms with van der Waals surface area (Å²) >= 11 is 0. The van der Waals surface area contributed by atoms with Gasteiger partial charge in [0.1, 0.15) is 31.2 Å². The van der Waals surface area contributed by atoms with Crippen LogP contribution in [0.15, 0.2) is 28.9 Å². The summed E-state index contributed by atoms with van der Waals surface area (Å²) in [7, 11) is 0. The maximum Gasteiger partial charge on any atom is 0.259 e. The van der Waals surface area contributed by atoms with Gasteiger partial charge >= 0.3 is 0 Å². The molecule has 1 aliphatic rings. The van der Waals surface area contributed by atoms with Crippen molar-refractivity contribution in [2.24, 2.45) is 0 Å². The molecule has 1 atom stereocenters. The van der Waals surface area contributed by atoms with Crippen LogP contribution in [-0.4, -0.2) is 63.2 Å². The highest BCUT2D eigenvalue weighted by Gasteiger charge is 2.20. The molecule has 3 N–H and O–H groups in total. The smallest absolute Gasteiger partial charge is 0.259 e. The van der Waals surface area contributed by atoms with Crippen LogP contribution in [0.2, 0.25) is 0 Å². The van der Waals surface area contributed by atoms with Crippen LogP contribution < -0.4 is 14.8 Å². The second-order valence-corrected chi connectivity index (χ2v) is 9.36. The summed E-state index contributed by atoms with van der Waals surface area (Å²) in [6.07, 6.45) is 6.26. The van der Waals surface area contributed by atoms with Gasteiger partial charge in [-0.05, 0) is 75.3 Å². The van der Waals surface area contributed by atoms with Crippen LogP contribution in [0.4, 0.5) is 0 Å². The molecule has 198 valence electrons. The van der Waals surface area contributed by atoms with Crippen molar-refractivity contribution in [2.45, 2.75) is 65.1 Å². The van der Waals surface area contributed by atoms with E-state index >= 15 is 0 Å². The highest BCUT2D eigenvalue weighted by molar-refractivity contribution is 5.76. The van der Waals surface area contributed by atoms with E-state index in [1.54, 1.807) is 6.20 Å². The van der Waals surface area contributed by atoms with E-state index in [0.717, 1.165) is 40.7 Å². The zero-order valence-electron chi connectivity index (χ0n) is 21.5. The number of aliphatic hydroxyl groups is 2. The standard InChI is InChI=1S/C27H34N4O6/c1-4-18-11-19(9-16(2)24(18)35-15-21(33)13-28-23(34)14-32)25-30-27(37-31-25)20-10-17(3)26(29-12-20)36-22-7-5-6-8-22/h9-12,21-22,32-33H,4-8,13-15H2,1-3H3,(H,28,34)/t21-/m0/s1. The van der Waals surface area contributed by atoms with Gasteiger partial charge in [0.2, 0.25) is 17.6 Å². The first-order valence-corrected chi connectivity index (χ1v) is 12.7. The van der Waals surface area contributed by atoms with Crippen LogP contribution in [0.3, 0.4) is 0 Å². The molecule has 1 fully saturated rings. The molecule has 1 aromatic carbocycles. The molecule has 2 heterocycles. The van der Waals surface area contributed by atoms with E-state index in [2.05, 4.69) is 20.4 Å². The number of benzene rings is 1. The summed E-state index contributed by atoms with van der Waals surface area (Å²) in [5.41, 5.74) is 4.23. The Kier molecular flexibility index (Phi) is 8.73. The van der Waals surface area contributed by atoms with Crippen LogP contribution in [0.1, 0.15) is 49.3 Å². The molecule has 0 spiro atoms. The third-order valence-electron chi connectivity index (χ3n) is 6.37. The van der Waals surface area contributed by atoms with Gasteiger partial charge in [0, 0.05) is 23.9 Å². The minimum Gasteiger partial charge on any atom is -0.490 e. The topological polar surface area (TPSA) is 140 Å². The lowest BCUT2D eigenvalue weighted by molar-refractivity contribution is -0.124. The molecular formula is C27H34N4O6. The summed E-state index contributed by atoms with van der Waals surface area (Å²) in [4.78, 5) is 20.2. The fourth-order valence-corrected chi connectivity index (χ4v) is 4.40. The van der Waals surface area contributed by atoms with Crippen molar-refractivity contribution in [1.82, 2.24) is 20.4 Å². The van der Waals surface area contributed by atoms with Gasteiger partial charge < -0.3 is 29.5 Å². The van der Waals surface area contributed by atoms with Gasteiger partial charge in [-0.3, -0.25) is 4.79 Å². The number of aryl methyl sites for hydroxylation is 3. The lowest BCUT2D eigenvalue weighted by Gasteiger charge is -2.17. The summed E-state index contributed by atoms with van der Waals surface area (Å²) in [5.74, 6) is 1.60. The monoisotopic (exact) mass is 510 g/mol. The Bertz CT molecular complexity index is 1220. The molecule has 0 bridgehead atoms. The number of hydrogen-bond acceptors (Lipinski definition) is 9. The number of nitrogens with zero attached hydrogens (tertiary/aromatic N) is 3. The van der Waals surface area contributed by atoms with Crippen molar-refractivity contribution >= 4 is 5.91 Å². The summed E-state index contributed by atoms with van der Waals surface area (Å²) in [6.45, 7) is 5.25. The molecule has 0 radical (unpaired) electrons. The Labute approximate surface area is 216 Å². The van der Waals surface area contributed by atoms with Crippen molar-refractivity contribution < 1.29 is 29.0 Å². The first-order chi connectivity index (χ1) is 17.9. The Morgan fingerprint density at radius 1 is 1.19 bits per heavy atom. The second kappa shape index (κ2) is 12.2. The predicted octanol–water partition coefficient (Wildman–Crippen LogP) is 3.15. The Morgan fingerprint density at radius 3 is 2.65 bits per heavy atom. The van der Waals surface area contributed by atoms with Gasteiger partial charge in [-0.1, -0.05) is 12.1 Å². The number of aromatic nitrogens is 3. The van der Waals surface area contributed by atoms with E-state index in [4.69, 9.17) is 19.1 Å². The molecule has 10 nitrogen and oxygen atoms in total. The molecule has 1 saturated carbocycles. The minimum absolute atomic E-state index is 0.00192. The third kappa shape index (κ3) is 6.64. The van der Waals surface area contributed by atoms with Gasteiger partial charge in [-0.2, -0.15) is 4.98 Å². The zero-order chi connectivity index (χ0) is 26.4. The van der Waals surface area contributed by atoms with E-state index in [1.807, 2.05) is 39.0 Å².